The Balaban J connectivity index is 1.81. The maximum Gasteiger partial charge on any atom is 0.391 e. The van der Waals surface area contributed by atoms with Gasteiger partial charge in [-0.2, -0.15) is 13.2 Å². The summed E-state index contributed by atoms with van der Waals surface area (Å²) < 4.78 is 44.0. The van der Waals surface area contributed by atoms with Gasteiger partial charge in [0.15, 0.2) is 0 Å². The first-order valence-electron chi connectivity index (χ1n) is 8.35. The third-order valence-corrected chi connectivity index (χ3v) is 5.44. The van der Waals surface area contributed by atoms with E-state index < -0.39 is 12.1 Å². The summed E-state index contributed by atoms with van der Waals surface area (Å²) >= 11 is 0. The highest BCUT2D eigenvalue weighted by molar-refractivity contribution is 4.91. The van der Waals surface area contributed by atoms with Crippen LogP contribution in [0.3, 0.4) is 0 Å². The van der Waals surface area contributed by atoms with Crippen LogP contribution in [0.1, 0.15) is 65.2 Å². The van der Waals surface area contributed by atoms with Gasteiger partial charge >= 0.3 is 6.18 Å². The van der Waals surface area contributed by atoms with Crippen LogP contribution in [-0.2, 0) is 4.74 Å². The van der Waals surface area contributed by atoms with Crippen LogP contribution in [0.2, 0.25) is 0 Å². The summed E-state index contributed by atoms with van der Waals surface area (Å²) in [6.07, 6.45) is 1.79. The summed E-state index contributed by atoms with van der Waals surface area (Å²) in [5.41, 5.74) is -0.0287. The van der Waals surface area contributed by atoms with E-state index in [2.05, 4.69) is 19.2 Å². The number of hydrogen-bond donors (Lipinski definition) is 1. The third-order valence-electron chi connectivity index (χ3n) is 5.44. The van der Waals surface area contributed by atoms with E-state index in [-0.39, 0.29) is 24.5 Å². The van der Waals surface area contributed by atoms with Gasteiger partial charge in [0.25, 0.3) is 0 Å². The first-order valence-corrected chi connectivity index (χ1v) is 8.35. The highest BCUT2D eigenvalue weighted by Crippen LogP contribution is 2.38. The Bertz CT molecular complexity index is 320. The van der Waals surface area contributed by atoms with E-state index in [9.17, 15) is 13.2 Å². The Morgan fingerprint density at radius 3 is 2.14 bits per heavy atom. The maximum absolute atomic E-state index is 12.7. The van der Waals surface area contributed by atoms with Crippen LogP contribution in [0.4, 0.5) is 13.2 Å². The molecule has 1 saturated heterocycles. The smallest absolute Gasteiger partial charge is 0.375 e. The molecule has 1 unspecified atom stereocenters. The topological polar surface area (TPSA) is 21.3 Å². The van der Waals surface area contributed by atoms with E-state index in [0.29, 0.717) is 18.9 Å². The second-order valence-corrected chi connectivity index (χ2v) is 6.69. The molecule has 1 N–H and O–H groups in total. The molecule has 1 atom stereocenters. The SMILES string of the molecule is CCC1(CC)CC(NC2CCC(C(F)(F)F)CC2)CCO1. The van der Waals surface area contributed by atoms with Crippen LogP contribution in [0, 0.1) is 5.92 Å². The summed E-state index contributed by atoms with van der Waals surface area (Å²) in [4.78, 5) is 0. The molecule has 0 aromatic rings. The molecule has 2 rings (SSSR count). The van der Waals surface area contributed by atoms with Crippen molar-refractivity contribution in [1.82, 2.24) is 5.32 Å². The fourth-order valence-electron chi connectivity index (χ4n) is 3.83. The quantitative estimate of drug-likeness (QED) is 0.829. The Labute approximate surface area is 125 Å². The number of ether oxygens (including phenoxy) is 1. The molecule has 0 aromatic heterocycles. The number of nitrogens with one attached hydrogen (secondary N) is 1. The summed E-state index contributed by atoms with van der Waals surface area (Å²) in [5.74, 6) is -1.09. The molecule has 0 radical (unpaired) electrons. The van der Waals surface area contributed by atoms with Gasteiger partial charge in [-0.05, 0) is 51.4 Å². The predicted molar refractivity (Wildman–Crippen MR) is 77.2 cm³/mol. The van der Waals surface area contributed by atoms with E-state index in [1.54, 1.807) is 0 Å². The maximum atomic E-state index is 12.7. The van der Waals surface area contributed by atoms with Gasteiger partial charge in [-0.25, -0.2) is 0 Å². The molecule has 21 heavy (non-hydrogen) atoms. The average molecular weight is 307 g/mol. The average Bonchev–Trinajstić information content (AvgIpc) is 2.47. The molecule has 2 fully saturated rings. The van der Waals surface area contributed by atoms with Gasteiger partial charge in [-0.1, -0.05) is 13.8 Å². The van der Waals surface area contributed by atoms with Gasteiger partial charge in [0.2, 0.25) is 0 Å². The van der Waals surface area contributed by atoms with E-state index in [1.165, 1.54) is 0 Å². The van der Waals surface area contributed by atoms with Crippen LogP contribution in [0.15, 0.2) is 0 Å². The first-order chi connectivity index (χ1) is 9.88. The fourth-order valence-corrected chi connectivity index (χ4v) is 3.83. The second-order valence-electron chi connectivity index (χ2n) is 6.69. The number of hydrogen-bond acceptors (Lipinski definition) is 2. The number of alkyl halides is 3. The van der Waals surface area contributed by atoms with Crippen molar-refractivity contribution in [2.75, 3.05) is 6.61 Å². The number of rotatable bonds is 4. The zero-order valence-electron chi connectivity index (χ0n) is 13.1. The molecule has 1 aliphatic heterocycles. The highest BCUT2D eigenvalue weighted by atomic mass is 19.4. The van der Waals surface area contributed by atoms with Crippen molar-refractivity contribution in [2.45, 2.75) is 89.1 Å². The van der Waals surface area contributed by atoms with Crippen LogP contribution >= 0.6 is 0 Å². The molecule has 1 aliphatic carbocycles. The molecule has 2 nitrogen and oxygen atoms in total. The summed E-state index contributed by atoms with van der Waals surface area (Å²) in [6, 6.07) is 0.643. The van der Waals surface area contributed by atoms with Gasteiger partial charge in [0, 0.05) is 18.7 Å². The van der Waals surface area contributed by atoms with Crippen molar-refractivity contribution in [2.24, 2.45) is 5.92 Å². The Morgan fingerprint density at radius 2 is 1.62 bits per heavy atom. The lowest BCUT2D eigenvalue weighted by molar-refractivity contribution is -0.183. The molecular weight excluding hydrogens is 279 g/mol. The number of halogens is 3. The van der Waals surface area contributed by atoms with Crippen LogP contribution in [0.25, 0.3) is 0 Å². The minimum atomic E-state index is -4.01. The van der Waals surface area contributed by atoms with Gasteiger partial charge in [-0.15, -0.1) is 0 Å². The summed E-state index contributed by atoms with van der Waals surface area (Å²) in [5, 5.41) is 3.61. The van der Waals surface area contributed by atoms with Crippen molar-refractivity contribution < 1.29 is 17.9 Å². The minimum Gasteiger partial charge on any atom is -0.375 e. The molecular formula is C16H28F3NO. The summed E-state index contributed by atoms with van der Waals surface area (Å²) in [6.45, 7) is 5.07. The van der Waals surface area contributed by atoms with E-state index in [1.807, 2.05) is 0 Å². The fraction of sp³-hybridized carbons (Fsp3) is 1.00. The van der Waals surface area contributed by atoms with Gasteiger partial charge in [0.05, 0.1) is 11.5 Å². The van der Waals surface area contributed by atoms with Crippen molar-refractivity contribution in [3.05, 3.63) is 0 Å². The minimum absolute atomic E-state index is 0.0287. The molecule has 1 heterocycles. The Hall–Kier alpha value is -0.290. The first kappa shape index (κ1) is 17.1. The standard InChI is InChI=1S/C16H28F3NO/c1-3-15(4-2)11-14(9-10-21-15)20-13-7-5-12(6-8-13)16(17,18)19/h12-14,20H,3-11H2,1-2H3. The van der Waals surface area contributed by atoms with E-state index in [4.69, 9.17) is 4.74 Å². The van der Waals surface area contributed by atoms with Gasteiger partial charge in [-0.3, -0.25) is 0 Å². The van der Waals surface area contributed by atoms with Crippen LogP contribution in [-0.4, -0.2) is 30.5 Å². The molecule has 124 valence electrons. The third kappa shape index (κ3) is 4.35. The summed E-state index contributed by atoms with van der Waals surface area (Å²) in [7, 11) is 0. The van der Waals surface area contributed by atoms with Crippen molar-refractivity contribution in [3.8, 4) is 0 Å². The largest absolute Gasteiger partial charge is 0.391 e. The van der Waals surface area contributed by atoms with Gasteiger partial charge < -0.3 is 10.1 Å². The van der Waals surface area contributed by atoms with Gasteiger partial charge in [0.1, 0.15) is 0 Å². The lowest BCUT2D eigenvalue weighted by Gasteiger charge is -2.42. The predicted octanol–water partition coefficient (Wildman–Crippen LogP) is 4.43. The second kappa shape index (κ2) is 6.86. The lowest BCUT2D eigenvalue weighted by atomic mass is 9.83. The molecule has 0 amide bonds. The van der Waals surface area contributed by atoms with E-state index in [0.717, 1.165) is 32.3 Å². The van der Waals surface area contributed by atoms with Crippen LogP contribution < -0.4 is 5.32 Å². The van der Waals surface area contributed by atoms with E-state index >= 15 is 0 Å². The Kier molecular flexibility index (Phi) is 5.58. The van der Waals surface area contributed by atoms with Crippen molar-refractivity contribution >= 4 is 0 Å². The highest BCUT2D eigenvalue weighted by Gasteiger charge is 2.42. The van der Waals surface area contributed by atoms with Crippen molar-refractivity contribution in [3.63, 3.8) is 0 Å². The monoisotopic (exact) mass is 307 g/mol. The lowest BCUT2D eigenvalue weighted by Crippen LogP contribution is -2.50. The zero-order valence-corrected chi connectivity index (χ0v) is 13.1. The Morgan fingerprint density at radius 1 is 1.00 bits per heavy atom. The molecule has 0 aromatic carbocycles. The molecule has 5 heteroatoms. The van der Waals surface area contributed by atoms with Crippen LogP contribution in [0.5, 0.6) is 0 Å². The normalized spacial score (nSPS) is 33.9. The van der Waals surface area contributed by atoms with Crippen molar-refractivity contribution in [1.29, 1.82) is 0 Å². The molecule has 0 bridgehead atoms. The molecule has 1 saturated carbocycles. The molecule has 2 aliphatic rings. The zero-order chi connectivity index (χ0) is 15.5. The molecule has 0 spiro atoms.